The van der Waals surface area contributed by atoms with Crippen molar-refractivity contribution in [3.05, 3.63) is 35.3 Å². The molecule has 1 heterocycles. The number of methoxy groups -OCH3 is 1. The van der Waals surface area contributed by atoms with Crippen molar-refractivity contribution in [1.82, 2.24) is 10.3 Å². The molecule has 2 aromatic rings. The van der Waals surface area contributed by atoms with Crippen LogP contribution < -0.4 is 21.1 Å². The van der Waals surface area contributed by atoms with E-state index in [1.807, 2.05) is 24.3 Å². The van der Waals surface area contributed by atoms with Crippen LogP contribution in [0.25, 0.3) is 0 Å². The molecule has 1 amide bonds. The number of hydrogen-bond acceptors (Lipinski definition) is 6. The number of hydrogen-bond donors (Lipinski definition) is 3. The summed E-state index contributed by atoms with van der Waals surface area (Å²) < 4.78 is 5.12. The molecule has 138 valence electrons. The zero-order chi connectivity index (χ0) is 16.2. The predicted molar refractivity (Wildman–Crippen MR) is 106 cm³/mol. The van der Waals surface area contributed by atoms with Gasteiger partial charge in [-0.1, -0.05) is 0 Å². The molecule has 25 heavy (non-hydrogen) atoms. The first-order chi connectivity index (χ1) is 11.2. The molecular formula is C16H22Cl2N4O2S. The molecule has 1 aliphatic carbocycles. The van der Waals surface area contributed by atoms with Gasteiger partial charge in [0.1, 0.15) is 11.4 Å². The van der Waals surface area contributed by atoms with Crippen molar-refractivity contribution in [1.29, 1.82) is 0 Å². The minimum Gasteiger partial charge on any atom is -0.497 e. The number of carbonyl (C=O) groups is 1. The van der Waals surface area contributed by atoms with Gasteiger partial charge >= 0.3 is 0 Å². The molecule has 0 saturated heterocycles. The highest BCUT2D eigenvalue weighted by Crippen LogP contribution is 2.31. The first-order valence-electron chi connectivity index (χ1n) is 7.56. The molecule has 1 fully saturated rings. The Morgan fingerprint density at radius 2 is 2.04 bits per heavy atom. The first kappa shape index (κ1) is 21.5. The number of amides is 1. The lowest BCUT2D eigenvalue weighted by molar-refractivity contribution is 0.0946. The van der Waals surface area contributed by atoms with E-state index in [2.05, 4.69) is 15.6 Å². The predicted octanol–water partition coefficient (Wildman–Crippen LogP) is 3.21. The highest BCUT2D eigenvalue weighted by Gasteiger charge is 2.28. The standard InChI is InChI=1S/C16H20N4O2S.2ClH/c1-22-12-6-4-11(5-7-12)19-16-20-14(9-23-16)15(21)18-8-13(17)10-2-3-10;;/h4-7,9-10,13H,2-3,8,17H2,1H3,(H,18,21)(H,19,20);2*1H. The molecule has 1 aromatic heterocycles. The van der Waals surface area contributed by atoms with E-state index in [1.165, 1.54) is 24.2 Å². The number of benzene rings is 1. The molecular weight excluding hydrogens is 383 g/mol. The quantitative estimate of drug-likeness (QED) is 0.658. The van der Waals surface area contributed by atoms with Gasteiger partial charge in [0.15, 0.2) is 5.13 Å². The second-order valence-electron chi connectivity index (χ2n) is 5.60. The fourth-order valence-electron chi connectivity index (χ4n) is 2.23. The van der Waals surface area contributed by atoms with Crippen LogP contribution in [0, 0.1) is 5.92 Å². The monoisotopic (exact) mass is 404 g/mol. The van der Waals surface area contributed by atoms with Crippen LogP contribution in [-0.2, 0) is 0 Å². The number of nitrogens with two attached hydrogens (primary N) is 1. The Labute approximate surface area is 163 Å². The van der Waals surface area contributed by atoms with E-state index < -0.39 is 0 Å². The second kappa shape index (κ2) is 9.82. The molecule has 0 radical (unpaired) electrons. The van der Waals surface area contributed by atoms with E-state index in [0.717, 1.165) is 11.4 Å². The van der Waals surface area contributed by atoms with Crippen LogP contribution in [0.2, 0.25) is 0 Å². The van der Waals surface area contributed by atoms with Crippen molar-refractivity contribution in [3.63, 3.8) is 0 Å². The van der Waals surface area contributed by atoms with Crippen LogP contribution >= 0.6 is 36.2 Å². The van der Waals surface area contributed by atoms with Crippen molar-refractivity contribution in [2.75, 3.05) is 19.0 Å². The zero-order valence-electron chi connectivity index (χ0n) is 13.7. The number of aromatic nitrogens is 1. The summed E-state index contributed by atoms with van der Waals surface area (Å²) in [5.74, 6) is 1.18. The van der Waals surface area contributed by atoms with Crippen molar-refractivity contribution < 1.29 is 9.53 Å². The summed E-state index contributed by atoms with van der Waals surface area (Å²) in [6.45, 7) is 0.502. The van der Waals surface area contributed by atoms with Gasteiger partial charge in [-0.15, -0.1) is 36.2 Å². The van der Waals surface area contributed by atoms with Crippen LogP contribution in [0.5, 0.6) is 5.75 Å². The van der Waals surface area contributed by atoms with E-state index in [9.17, 15) is 4.79 Å². The number of rotatable bonds is 7. The molecule has 6 nitrogen and oxygen atoms in total. The lowest BCUT2D eigenvalue weighted by atomic mass is 10.2. The lowest BCUT2D eigenvalue weighted by Crippen LogP contribution is -2.38. The Balaban J connectivity index is 0.00000156. The van der Waals surface area contributed by atoms with Gasteiger partial charge in [0.05, 0.1) is 7.11 Å². The normalized spacial score (nSPS) is 13.8. The van der Waals surface area contributed by atoms with Gasteiger partial charge in [-0.25, -0.2) is 4.98 Å². The van der Waals surface area contributed by atoms with Crippen LogP contribution in [0.1, 0.15) is 23.3 Å². The summed E-state index contributed by atoms with van der Waals surface area (Å²) >= 11 is 1.39. The van der Waals surface area contributed by atoms with E-state index in [0.29, 0.717) is 23.3 Å². The van der Waals surface area contributed by atoms with Crippen molar-refractivity contribution in [2.45, 2.75) is 18.9 Å². The van der Waals surface area contributed by atoms with E-state index >= 15 is 0 Å². The number of anilines is 2. The van der Waals surface area contributed by atoms with E-state index in [1.54, 1.807) is 12.5 Å². The first-order valence-corrected chi connectivity index (χ1v) is 8.44. The van der Waals surface area contributed by atoms with Crippen molar-refractivity contribution in [3.8, 4) is 5.75 Å². The fraction of sp³-hybridized carbons (Fsp3) is 0.375. The van der Waals surface area contributed by atoms with Crippen molar-refractivity contribution in [2.24, 2.45) is 11.7 Å². The summed E-state index contributed by atoms with van der Waals surface area (Å²) in [4.78, 5) is 16.4. The fourth-order valence-corrected chi connectivity index (χ4v) is 2.94. The van der Waals surface area contributed by atoms with E-state index in [-0.39, 0.29) is 36.8 Å². The van der Waals surface area contributed by atoms with Gasteiger partial charge in [-0.2, -0.15) is 0 Å². The van der Waals surface area contributed by atoms with Gasteiger partial charge in [-0.3, -0.25) is 4.79 Å². The summed E-state index contributed by atoms with van der Waals surface area (Å²) in [5.41, 5.74) is 7.28. The summed E-state index contributed by atoms with van der Waals surface area (Å²) in [7, 11) is 1.63. The SMILES string of the molecule is COc1ccc(Nc2nc(C(=O)NCC(N)C3CC3)cs2)cc1.Cl.Cl. The largest absolute Gasteiger partial charge is 0.497 e. The van der Waals surface area contributed by atoms with Crippen molar-refractivity contribution >= 4 is 52.9 Å². The Kier molecular flexibility index (Phi) is 8.44. The summed E-state index contributed by atoms with van der Waals surface area (Å²) in [6, 6.07) is 7.57. The molecule has 1 aromatic carbocycles. The Bertz CT molecular complexity index is 677. The van der Waals surface area contributed by atoms with E-state index in [4.69, 9.17) is 10.5 Å². The minimum absolute atomic E-state index is 0. The second-order valence-corrected chi connectivity index (χ2v) is 6.46. The molecule has 3 rings (SSSR count). The number of thiazole rings is 1. The van der Waals surface area contributed by atoms with Crippen LogP contribution in [0.3, 0.4) is 0 Å². The third kappa shape index (κ3) is 6.04. The van der Waals surface area contributed by atoms with Crippen LogP contribution in [0.15, 0.2) is 29.6 Å². The van der Waals surface area contributed by atoms with Gasteiger partial charge in [-0.05, 0) is 43.0 Å². The average Bonchev–Trinajstić information content (AvgIpc) is 3.33. The maximum absolute atomic E-state index is 12.1. The minimum atomic E-state index is -0.180. The van der Waals surface area contributed by atoms with Gasteiger partial charge < -0.3 is 21.1 Å². The smallest absolute Gasteiger partial charge is 0.270 e. The highest BCUT2D eigenvalue weighted by atomic mass is 35.5. The molecule has 9 heteroatoms. The van der Waals surface area contributed by atoms with Crippen LogP contribution in [-0.4, -0.2) is 30.6 Å². The summed E-state index contributed by atoms with van der Waals surface area (Å²) in [5, 5.41) is 8.43. The molecule has 1 saturated carbocycles. The average molecular weight is 405 g/mol. The number of carbonyl (C=O) groups excluding carboxylic acids is 1. The number of nitrogens with one attached hydrogen (secondary N) is 2. The number of nitrogens with zero attached hydrogens (tertiary/aromatic N) is 1. The summed E-state index contributed by atoms with van der Waals surface area (Å²) in [6.07, 6.45) is 2.34. The molecule has 1 atom stereocenters. The highest BCUT2D eigenvalue weighted by molar-refractivity contribution is 7.14. The third-order valence-corrected chi connectivity index (χ3v) is 4.56. The lowest BCUT2D eigenvalue weighted by Gasteiger charge is -2.10. The molecule has 1 unspecified atom stereocenters. The maximum atomic E-state index is 12.1. The molecule has 0 bridgehead atoms. The maximum Gasteiger partial charge on any atom is 0.270 e. The number of halogens is 2. The van der Waals surface area contributed by atoms with Gasteiger partial charge in [0.25, 0.3) is 5.91 Å². The third-order valence-electron chi connectivity index (χ3n) is 3.80. The van der Waals surface area contributed by atoms with Gasteiger partial charge in [0, 0.05) is 23.7 Å². The molecule has 0 spiro atoms. The zero-order valence-corrected chi connectivity index (χ0v) is 16.2. The van der Waals surface area contributed by atoms with Gasteiger partial charge in [0.2, 0.25) is 0 Å². The molecule has 4 N–H and O–H groups in total. The number of ether oxygens (including phenoxy) is 1. The Hall–Kier alpha value is -1.54. The molecule has 1 aliphatic rings. The van der Waals surface area contributed by atoms with Crippen LogP contribution in [0.4, 0.5) is 10.8 Å². The molecule has 0 aliphatic heterocycles. The Morgan fingerprint density at radius 1 is 1.36 bits per heavy atom. The Morgan fingerprint density at radius 3 is 2.64 bits per heavy atom. The topological polar surface area (TPSA) is 89.3 Å².